The summed E-state index contributed by atoms with van der Waals surface area (Å²) in [5.41, 5.74) is 3.38. The molecule has 5 heteroatoms. The van der Waals surface area contributed by atoms with Crippen molar-refractivity contribution in [3.63, 3.8) is 0 Å². The molecule has 20 heavy (non-hydrogen) atoms. The summed E-state index contributed by atoms with van der Waals surface area (Å²) in [7, 11) is 1.35. The van der Waals surface area contributed by atoms with Gasteiger partial charge in [-0.25, -0.2) is 4.84 Å². The molecule has 0 spiro atoms. The molecule has 4 nitrogen and oxygen atoms in total. The fourth-order valence-corrected chi connectivity index (χ4v) is 2.52. The van der Waals surface area contributed by atoms with Crippen molar-refractivity contribution < 1.29 is 9.76 Å². The van der Waals surface area contributed by atoms with Crippen molar-refractivity contribution in [3.05, 3.63) is 58.0 Å². The van der Waals surface area contributed by atoms with Crippen molar-refractivity contribution in [1.82, 2.24) is 4.98 Å². The third-order valence-electron chi connectivity index (χ3n) is 3.21. The first kappa shape index (κ1) is 12.9. The van der Waals surface area contributed by atoms with Crippen molar-refractivity contribution >= 4 is 32.5 Å². The molecule has 0 aliphatic rings. The second-order valence-electron chi connectivity index (χ2n) is 4.35. The predicted octanol–water partition coefficient (Wildman–Crippen LogP) is 4.57. The van der Waals surface area contributed by atoms with Crippen LogP contribution in [0, 0.1) is 4.91 Å². The van der Waals surface area contributed by atoms with Gasteiger partial charge in [-0.15, -0.1) is 0 Å². The normalized spacial score (nSPS) is 10.7. The number of hydrogen-bond donors (Lipinski definition) is 1. The first-order valence-electron chi connectivity index (χ1n) is 6.08. The summed E-state index contributed by atoms with van der Waals surface area (Å²) in [6.45, 7) is 0. The van der Waals surface area contributed by atoms with E-state index in [0.717, 1.165) is 26.5 Å². The minimum absolute atomic E-state index is 0.466. The van der Waals surface area contributed by atoms with Crippen LogP contribution in [0.3, 0.4) is 0 Å². The molecule has 2 aromatic carbocycles. The summed E-state index contributed by atoms with van der Waals surface area (Å²) in [5.74, 6) is 0. The molecular formula is C15H12BrN2O2+. The van der Waals surface area contributed by atoms with Crippen molar-refractivity contribution in [2.24, 2.45) is 0 Å². The van der Waals surface area contributed by atoms with E-state index < -0.39 is 0 Å². The quantitative estimate of drug-likeness (QED) is 0.714. The number of nitrogens with one attached hydrogen (secondary N) is 1. The number of hydrogen-bond acceptors (Lipinski definition) is 2. The average Bonchev–Trinajstić information content (AvgIpc) is 2.91. The van der Waals surface area contributed by atoms with Gasteiger partial charge in [0, 0.05) is 27.7 Å². The van der Waals surface area contributed by atoms with Crippen LogP contribution in [0.25, 0.3) is 22.0 Å². The van der Waals surface area contributed by atoms with Crippen LogP contribution in [0.4, 0.5) is 5.69 Å². The molecule has 0 aliphatic heterocycles. The van der Waals surface area contributed by atoms with Gasteiger partial charge in [0.2, 0.25) is 0 Å². The van der Waals surface area contributed by atoms with Crippen LogP contribution in [0.15, 0.2) is 53.1 Å². The number of rotatable bonds is 3. The molecule has 0 unspecified atom stereocenters. The van der Waals surface area contributed by atoms with Crippen LogP contribution in [0.5, 0.6) is 0 Å². The third kappa shape index (κ3) is 2.10. The number of benzene rings is 2. The zero-order valence-electron chi connectivity index (χ0n) is 10.8. The minimum Gasteiger partial charge on any atom is -0.355 e. The van der Waals surface area contributed by atoms with E-state index >= 15 is 0 Å². The SMILES string of the molecule is CO[N+](=O)c1cccc2c(-c3ccc(Br)cc3)c[nH]c12. The summed E-state index contributed by atoms with van der Waals surface area (Å²) in [5, 5.41) is 0.989. The Balaban J connectivity index is 2.19. The van der Waals surface area contributed by atoms with E-state index in [1.807, 2.05) is 42.6 Å². The van der Waals surface area contributed by atoms with E-state index in [9.17, 15) is 4.91 Å². The molecule has 3 rings (SSSR count). The zero-order valence-corrected chi connectivity index (χ0v) is 12.3. The summed E-state index contributed by atoms with van der Waals surface area (Å²) < 4.78 is 1.03. The topological polar surface area (TPSA) is 45.1 Å². The molecule has 1 heterocycles. The maximum atomic E-state index is 11.7. The molecule has 0 radical (unpaired) electrons. The molecule has 3 aromatic rings. The summed E-state index contributed by atoms with van der Waals surface area (Å²) in [6.07, 6.45) is 1.90. The molecule has 0 aliphatic carbocycles. The van der Waals surface area contributed by atoms with E-state index in [4.69, 9.17) is 4.84 Å². The standard InChI is InChI=1S/C15H12BrN2O2/c1-20-18(19)14-4-2-3-12-13(9-17-15(12)14)10-5-7-11(16)8-6-10/h2-9,17H,1H3/q+1. The summed E-state index contributed by atoms with van der Waals surface area (Å²) in [4.78, 5) is 20.1. The van der Waals surface area contributed by atoms with E-state index in [1.54, 1.807) is 6.07 Å². The van der Waals surface area contributed by atoms with Crippen molar-refractivity contribution in [2.45, 2.75) is 0 Å². The third-order valence-corrected chi connectivity index (χ3v) is 3.74. The van der Waals surface area contributed by atoms with E-state index in [-0.39, 0.29) is 0 Å². The smallest absolute Gasteiger partial charge is 0.340 e. The lowest BCUT2D eigenvalue weighted by atomic mass is 10.0. The molecule has 1 aromatic heterocycles. The molecule has 100 valence electrons. The van der Waals surface area contributed by atoms with Gasteiger partial charge in [0.15, 0.2) is 7.11 Å². The second-order valence-corrected chi connectivity index (χ2v) is 5.26. The molecule has 0 atom stereocenters. The highest BCUT2D eigenvalue weighted by Crippen LogP contribution is 2.33. The molecule has 0 amide bonds. The second kappa shape index (κ2) is 5.09. The van der Waals surface area contributed by atoms with Gasteiger partial charge in [-0.1, -0.05) is 40.2 Å². The first-order chi connectivity index (χ1) is 9.70. The predicted molar refractivity (Wildman–Crippen MR) is 81.7 cm³/mol. The Kier molecular flexibility index (Phi) is 3.28. The Morgan fingerprint density at radius 3 is 2.60 bits per heavy atom. The van der Waals surface area contributed by atoms with Gasteiger partial charge < -0.3 is 4.98 Å². The summed E-state index contributed by atoms with van der Waals surface area (Å²) >= 11 is 3.43. The number of nitrogens with zero attached hydrogens (tertiary/aromatic N) is 1. The van der Waals surface area contributed by atoms with E-state index in [0.29, 0.717) is 10.6 Å². The van der Waals surface area contributed by atoms with Gasteiger partial charge in [-0.3, -0.25) is 0 Å². The van der Waals surface area contributed by atoms with Crippen LogP contribution in [-0.4, -0.2) is 17.0 Å². The number of aromatic nitrogens is 1. The highest BCUT2D eigenvalue weighted by atomic mass is 79.9. The first-order valence-corrected chi connectivity index (χ1v) is 6.87. The van der Waals surface area contributed by atoms with Crippen LogP contribution in [0.2, 0.25) is 0 Å². The van der Waals surface area contributed by atoms with Gasteiger partial charge in [-0.2, -0.15) is 0 Å². The number of halogens is 1. The van der Waals surface area contributed by atoms with E-state index in [2.05, 4.69) is 20.9 Å². The lowest BCUT2D eigenvalue weighted by molar-refractivity contribution is -0.735. The van der Waals surface area contributed by atoms with Gasteiger partial charge in [0.25, 0.3) is 4.92 Å². The average molecular weight is 332 g/mol. The number of aromatic amines is 1. The Hall–Kier alpha value is -2.14. The van der Waals surface area contributed by atoms with Gasteiger partial charge in [-0.05, 0) is 17.7 Å². The molecule has 1 N–H and O–H groups in total. The molecule has 0 saturated carbocycles. The Bertz CT molecular complexity index is 778. The summed E-state index contributed by atoms with van der Waals surface area (Å²) in [6, 6.07) is 13.6. The van der Waals surface area contributed by atoms with Crippen LogP contribution in [-0.2, 0) is 4.84 Å². The number of fused-ring (bicyclic) bond motifs is 1. The van der Waals surface area contributed by atoms with Gasteiger partial charge in [0.1, 0.15) is 5.52 Å². The monoisotopic (exact) mass is 331 g/mol. The number of H-pyrrole nitrogens is 1. The number of para-hydroxylation sites is 1. The maximum absolute atomic E-state index is 11.7. The Morgan fingerprint density at radius 2 is 1.90 bits per heavy atom. The lowest BCUT2D eigenvalue weighted by Gasteiger charge is -1.99. The van der Waals surface area contributed by atoms with Crippen molar-refractivity contribution in [2.75, 3.05) is 7.11 Å². The highest BCUT2D eigenvalue weighted by molar-refractivity contribution is 9.10. The van der Waals surface area contributed by atoms with Crippen molar-refractivity contribution in [3.8, 4) is 11.1 Å². The maximum Gasteiger partial charge on any atom is 0.340 e. The van der Waals surface area contributed by atoms with Crippen molar-refractivity contribution in [1.29, 1.82) is 0 Å². The largest absolute Gasteiger partial charge is 0.355 e. The van der Waals surface area contributed by atoms with Crippen LogP contribution >= 0.6 is 15.9 Å². The van der Waals surface area contributed by atoms with Gasteiger partial charge >= 0.3 is 5.69 Å². The molecule has 0 fully saturated rings. The van der Waals surface area contributed by atoms with Crippen LogP contribution < -0.4 is 0 Å². The fourth-order valence-electron chi connectivity index (χ4n) is 2.26. The lowest BCUT2D eigenvalue weighted by Crippen LogP contribution is -1.98. The molecule has 0 saturated heterocycles. The molecular weight excluding hydrogens is 320 g/mol. The van der Waals surface area contributed by atoms with E-state index in [1.165, 1.54) is 7.11 Å². The van der Waals surface area contributed by atoms with Crippen LogP contribution in [0.1, 0.15) is 0 Å². The Morgan fingerprint density at radius 1 is 1.15 bits per heavy atom. The minimum atomic E-state index is 0.466. The fraction of sp³-hybridized carbons (Fsp3) is 0.0667. The highest BCUT2D eigenvalue weighted by Gasteiger charge is 2.21. The van der Waals surface area contributed by atoms with Gasteiger partial charge in [0.05, 0.1) is 4.91 Å². The Labute approximate surface area is 124 Å². The molecule has 0 bridgehead atoms. The zero-order chi connectivity index (χ0) is 14.1.